The second-order valence-corrected chi connectivity index (χ2v) is 10.1. The number of carbonyl (C=O) groups is 1. The Balaban J connectivity index is 1.54. The number of morpholine rings is 1. The number of fused-ring (bicyclic) bond motifs is 3. The van der Waals surface area contributed by atoms with Crippen LogP contribution in [0, 0.1) is 0 Å². The van der Waals surface area contributed by atoms with Crippen molar-refractivity contribution >= 4 is 44.1 Å². The quantitative estimate of drug-likeness (QED) is 0.367. The summed E-state index contributed by atoms with van der Waals surface area (Å²) >= 11 is 0. The third kappa shape index (κ3) is 5.19. The van der Waals surface area contributed by atoms with Crippen molar-refractivity contribution in [3.63, 3.8) is 0 Å². The number of para-hydroxylation sites is 1. The molecule has 4 aromatic rings. The van der Waals surface area contributed by atoms with Gasteiger partial charge in [0.25, 0.3) is 5.95 Å². The lowest BCUT2D eigenvalue weighted by molar-refractivity contribution is 0.0730. The van der Waals surface area contributed by atoms with Gasteiger partial charge in [0.2, 0.25) is 10.0 Å². The summed E-state index contributed by atoms with van der Waals surface area (Å²) in [6.45, 7) is 3.89. The normalized spacial score (nSPS) is 14.6. The summed E-state index contributed by atoms with van der Waals surface area (Å²) in [5.74, 6) is 0.694. The molecular weight excluding hydrogens is 500 g/mol. The molecule has 1 amide bonds. The molecule has 1 N–H and O–H groups in total. The lowest BCUT2D eigenvalue weighted by Gasteiger charge is -2.26. The Morgan fingerprint density at radius 2 is 1.89 bits per heavy atom. The fraction of sp³-hybridized carbons (Fsp3) is 0.333. The van der Waals surface area contributed by atoms with Gasteiger partial charge in [0.05, 0.1) is 36.8 Å². The summed E-state index contributed by atoms with van der Waals surface area (Å²) < 4.78 is 45.9. The maximum Gasteiger partial charge on any atom is 0.414 e. The van der Waals surface area contributed by atoms with E-state index in [-0.39, 0.29) is 17.5 Å². The summed E-state index contributed by atoms with van der Waals surface area (Å²) in [6.07, 6.45) is -0.697. The molecule has 12 nitrogen and oxygen atoms in total. The van der Waals surface area contributed by atoms with Crippen molar-refractivity contribution in [3.05, 3.63) is 48.5 Å². The Kier molecular flexibility index (Phi) is 7.17. The van der Waals surface area contributed by atoms with Crippen molar-refractivity contribution in [1.29, 1.82) is 0 Å². The first-order valence-corrected chi connectivity index (χ1v) is 13.3. The third-order valence-corrected chi connectivity index (χ3v) is 7.76. The average Bonchev–Trinajstić information content (AvgIpc) is 3.22. The minimum Gasteiger partial charge on any atom is -0.492 e. The molecule has 5 rings (SSSR count). The number of rotatable bonds is 8. The van der Waals surface area contributed by atoms with Crippen molar-refractivity contribution in [1.82, 2.24) is 24.1 Å². The standard InChI is InChI=1S/C24H26N6O6S/c1-2-35-24(31)26-23-25-22-21(27-28-23)19-16-18(37(32,33)29-10-13-34-14-11-29)8-9-20(19)30(22)12-15-36-17-6-4-3-5-7-17/h3-9,16H,2,10-15H2,1H3,(H,25,26,28,31). The summed E-state index contributed by atoms with van der Waals surface area (Å²) in [4.78, 5) is 16.5. The number of sulfonamides is 1. The Bertz CT molecular complexity index is 1520. The predicted molar refractivity (Wildman–Crippen MR) is 135 cm³/mol. The molecule has 0 saturated carbocycles. The van der Waals surface area contributed by atoms with E-state index in [0.29, 0.717) is 61.5 Å². The van der Waals surface area contributed by atoms with Crippen LogP contribution in [0.3, 0.4) is 0 Å². The smallest absolute Gasteiger partial charge is 0.414 e. The molecule has 1 aliphatic heterocycles. The fourth-order valence-electron chi connectivity index (χ4n) is 4.14. The predicted octanol–water partition coefficient (Wildman–Crippen LogP) is 2.65. The second-order valence-electron chi connectivity index (χ2n) is 8.16. The van der Waals surface area contributed by atoms with E-state index in [1.807, 2.05) is 34.9 Å². The Labute approximate surface area is 213 Å². The van der Waals surface area contributed by atoms with Crippen molar-refractivity contribution in [2.45, 2.75) is 18.4 Å². The van der Waals surface area contributed by atoms with Gasteiger partial charge >= 0.3 is 6.09 Å². The van der Waals surface area contributed by atoms with Gasteiger partial charge in [-0.3, -0.25) is 5.32 Å². The van der Waals surface area contributed by atoms with E-state index in [9.17, 15) is 13.2 Å². The molecule has 0 aliphatic carbocycles. The molecular formula is C24H26N6O6S. The number of ether oxygens (including phenoxy) is 3. The maximum atomic E-state index is 13.3. The van der Waals surface area contributed by atoms with Crippen molar-refractivity contribution in [2.75, 3.05) is 44.8 Å². The molecule has 0 unspecified atom stereocenters. The lowest BCUT2D eigenvalue weighted by Crippen LogP contribution is -2.40. The van der Waals surface area contributed by atoms with Crippen LogP contribution in [0.1, 0.15) is 6.92 Å². The molecule has 0 spiro atoms. The number of nitrogens with one attached hydrogen (secondary N) is 1. The number of benzene rings is 2. The zero-order valence-corrected chi connectivity index (χ0v) is 21.0. The van der Waals surface area contributed by atoms with E-state index < -0.39 is 16.1 Å². The van der Waals surface area contributed by atoms with Gasteiger partial charge in [0.1, 0.15) is 17.9 Å². The number of hydrogen-bond donors (Lipinski definition) is 1. The van der Waals surface area contributed by atoms with Crippen molar-refractivity contribution in [3.8, 4) is 5.75 Å². The Morgan fingerprint density at radius 3 is 2.65 bits per heavy atom. The van der Waals surface area contributed by atoms with Crippen molar-refractivity contribution < 1.29 is 27.4 Å². The van der Waals surface area contributed by atoms with Crippen LogP contribution in [-0.2, 0) is 26.0 Å². The van der Waals surface area contributed by atoms with Gasteiger partial charge in [-0.05, 0) is 37.3 Å². The molecule has 1 aliphatic rings. The Morgan fingerprint density at radius 1 is 1.11 bits per heavy atom. The summed E-state index contributed by atoms with van der Waals surface area (Å²) in [7, 11) is -3.72. The SMILES string of the molecule is CCOC(=O)Nc1nnc2c3cc(S(=O)(=O)N4CCOCC4)ccc3n(CCOc3ccccc3)c2n1. The topological polar surface area (TPSA) is 138 Å². The molecule has 0 atom stereocenters. The van der Waals surface area contributed by atoms with Gasteiger partial charge in [-0.15, -0.1) is 10.2 Å². The van der Waals surface area contributed by atoms with Gasteiger partial charge in [-0.25, -0.2) is 13.2 Å². The van der Waals surface area contributed by atoms with E-state index in [2.05, 4.69) is 20.5 Å². The summed E-state index contributed by atoms with van der Waals surface area (Å²) in [5.41, 5.74) is 1.54. The van der Waals surface area contributed by atoms with Gasteiger partial charge in [-0.1, -0.05) is 18.2 Å². The zero-order valence-electron chi connectivity index (χ0n) is 20.2. The van der Waals surface area contributed by atoms with Gasteiger partial charge in [0, 0.05) is 18.5 Å². The van der Waals surface area contributed by atoms with Crippen LogP contribution in [-0.4, -0.2) is 78.1 Å². The number of anilines is 1. The molecule has 0 bridgehead atoms. The van der Waals surface area contributed by atoms with Gasteiger partial charge < -0.3 is 18.8 Å². The number of nitrogens with zero attached hydrogens (tertiary/aromatic N) is 5. The molecule has 194 valence electrons. The number of amides is 1. The number of carbonyl (C=O) groups excluding carboxylic acids is 1. The molecule has 1 saturated heterocycles. The van der Waals surface area contributed by atoms with E-state index >= 15 is 0 Å². The zero-order chi connectivity index (χ0) is 25.8. The first kappa shape index (κ1) is 24.9. The summed E-state index contributed by atoms with van der Waals surface area (Å²) in [5, 5.41) is 11.3. The van der Waals surface area contributed by atoms with Gasteiger partial charge in [0.15, 0.2) is 5.65 Å². The molecule has 13 heteroatoms. The molecule has 2 aromatic carbocycles. The van der Waals surface area contributed by atoms with E-state index in [0.717, 1.165) is 5.75 Å². The molecule has 3 heterocycles. The first-order chi connectivity index (χ1) is 18.0. The second kappa shape index (κ2) is 10.7. The summed E-state index contributed by atoms with van der Waals surface area (Å²) in [6, 6.07) is 14.3. The maximum absolute atomic E-state index is 13.3. The number of hydrogen-bond acceptors (Lipinski definition) is 9. The van der Waals surface area contributed by atoms with Crippen LogP contribution in [0.25, 0.3) is 22.1 Å². The highest BCUT2D eigenvalue weighted by molar-refractivity contribution is 7.89. The monoisotopic (exact) mass is 526 g/mol. The minimum atomic E-state index is -3.72. The molecule has 37 heavy (non-hydrogen) atoms. The third-order valence-electron chi connectivity index (χ3n) is 5.86. The average molecular weight is 527 g/mol. The highest BCUT2D eigenvalue weighted by Crippen LogP contribution is 2.30. The largest absolute Gasteiger partial charge is 0.492 e. The van der Waals surface area contributed by atoms with Gasteiger partial charge in [-0.2, -0.15) is 9.29 Å². The van der Waals surface area contributed by atoms with Crippen LogP contribution in [0.4, 0.5) is 10.7 Å². The molecule has 1 fully saturated rings. The van der Waals surface area contributed by atoms with Crippen LogP contribution in [0.5, 0.6) is 5.75 Å². The van der Waals surface area contributed by atoms with Crippen LogP contribution in [0.15, 0.2) is 53.4 Å². The molecule has 0 radical (unpaired) electrons. The Hall–Kier alpha value is -3.81. The first-order valence-electron chi connectivity index (χ1n) is 11.8. The van der Waals surface area contributed by atoms with E-state index in [4.69, 9.17) is 14.2 Å². The number of aromatic nitrogens is 4. The minimum absolute atomic E-state index is 0.0276. The fourth-order valence-corrected chi connectivity index (χ4v) is 5.57. The van der Waals surface area contributed by atoms with Crippen LogP contribution < -0.4 is 10.1 Å². The highest BCUT2D eigenvalue weighted by atomic mass is 32.2. The van der Waals surface area contributed by atoms with Crippen LogP contribution in [0.2, 0.25) is 0 Å². The lowest BCUT2D eigenvalue weighted by atomic mass is 10.2. The van der Waals surface area contributed by atoms with Crippen LogP contribution >= 0.6 is 0 Å². The van der Waals surface area contributed by atoms with Crippen molar-refractivity contribution in [2.24, 2.45) is 0 Å². The molecule has 2 aromatic heterocycles. The van der Waals surface area contributed by atoms with E-state index in [1.54, 1.807) is 25.1 Å². The highest BCUT2D eigenvalue weighted by Gasteiger charge is 2.27. The van der Waals surface area contributed by atoms with E-state index in [1.165, 1.54) is 4.31 Å².